The van der Waals surface area contributed by atoms with Crippen molar-refractivity contribution < 1.29 is 4.79 Å². The number of carbonyl (C=O) groups is 1. The molecule has 3 nitrogen and oxygen atoms in total. The second-order valence-corrected chi connectivity index (χ2v) is 5.38. The molecule has 1 fully saturated rings. The van der Waals surface area contributed by atoms with Crippen LogP contribution in [0.5, 0.6) is 0 Å². The Morgan fingerprint density at radius 2 is 2.00 bits per heavy atom. The van der Waals surface area contributed by atoms with Crippen molar-refractivity contribution in [2.24, 2.45) is 5.92 Å². The smallest absolute Gasteiger partial charge is 0.318 e. The standard InChI is InChI=1S/C15H22N2O/c1-4-17-10-14(16-15(17)18)13-7-5-12(6-8-13)9-11(2)3/h5-8,11,14H,4,9-10H2,1-3H3,(H,16,18). The highest BCUT2D eigenvalue weighted by Crippen LogP contribution is 2.21. The summed E-state index contributed by atoms with van der Waals surface area (Å²) in [6.45, 7) is 8.01. The van der Waals surface area contributed by atoms with Gasteiger partial charge in [-0.1, -0.05) is 38.1 Å². The van der Waals surface area contributed by atoms with Crippen molar-refractivity contribution in [2.75, 3.05) is 13.1 Å². The first-order valence-corrected chi connectivity index (χ1v) is 6.74. The summed E-state index contributed by atoms with van der Waals surface area (Å²) in [5.41, 5.74) is 2.57. The molecule has 1 saturated heterocycles. The third-order valence-electron chi connectivity index (χ3n) is 3.40. The SMILES string of the molecule is CCN1CC(c2ccc(CC(C)C)cc2)NC1=O. The maximum atomic E-state index is 11.6. The highest BCUT2D eigenvalue weighted by atomic mass is 16.2. The molecular weight excluding hydrogens is 224 g/mol. The van der Waals surface area contributed by atoms with E-state index < -0.39 is 0 Å². The van der Waals surface area contributed by atoms with E-state index in [0.29, 0.717) is 5.92 Å². The molecule has 0 aliphatic carbocycles. The van der Waals surface area contributed by atoms with Gasteiger partial charge in [0.2, 0.25) is 0 Å². The van der Waals surface area contributed by atoms with Crippen LogP contribution >= 0.6 is 0 Å². The van der Waals surface area contributed by atoms with Gasteiger partial charge in [0.05, 0.1) is 6.04 Å². The fourth-order valence-corrected chi connectivity index (χ4v) is 2.41. The lowest BCUT2D eigenvalue weighted by atomic mass is 9.99. The topological polar surface area (TPSA) is 32.3 Å². The van der Waals surface area contributed by atoms with Crippen molar-refractivity contribution in [1.82, 2.24) is 10.2 Å². The maximum absolute atomic E-state index is 11.6. The number of carbonyl (C=O) groups excluding carboxylic acids is 1. The average molecular weight is 246 g/mol. The van der Waals surface area contributed by atoms with Crippen LogP contribution in [0, 0.1) is 5.92 Å². The third kappa shape index (κ3) is 2.84. The van der Waals surface area contributed by atoms with Crippen LogP contribution in [0.2, 0.25) is 0 Å². The van der Waals surface area contributed by atoms with Crippen molar-refractivity contribution >= 4 is 6.03 Å². The molecule has 1 unspecified atom stereocenters. The molecule has 1 aliphatic rings. The minimum absolute atomic E-state index is 0.0498. The van der Waals surface area contributed by atoms with Crippen LogP contribution in [-0.4, -0.2) is 24.0 Å². The Balaban J connectivity index is 2.04. The lowest BCUT2D eigenvalue weighted by Crippen LogP contribution is -2.27. The number of hydrogen-bond donors (Lipinski definition) is 1. The van der Waals surface area contributed by atoms with Crippen LogP contribution < -0.4 is 5.32 Å². The number of hydrogen-bond acceptors (Lipinski definition) is 1. The first-order valence-electron chi connectivity index (χ1n) is 6.74. The Morgan fingerprint density at radius 1 is 1.33 bits per heavy atom. The molecule has 0 radical (unpaired) electrons. The zero-order chi connectivity index (χ0) is 13.1. The molecule has 0 spiro atoms. The zero-order valence-electron chi connectivity index (χ0n) is 11.4. The molecule has 3 heteroatoms. The largest absolute Gasteiger partial charge is 0.329 e. The monoisotopic (exact) mass is 246 g/mol. The lowest BCUT2D eigenvalue weighted by molar-refractivity contribution is 0.219. The molecule has 1 aromatic rings. The van der Waals surface area contributed by atoms with Crippen molar-refractivity contribution in [2.45, 2.75) is 33.2 Å². The molecule has 1 N–H and O–H groups in total. The van der Waals surface area contributed by atoms with E-state index in [1.165, 1.54) is 11.1 Å². The van der Waals surface area contributed by atoms with Gasteiger partial charge in [-0.05, 0) is 30.4 Å². The van der Waals surface area contributed by atoms with Crippen LogP contribution in [0.15, 0.2) is 24.3 Å². The van der Waals surface area contributed by atoms with E-state index in [2.05, 4.69) is 43.4 Å². The summed E-state index contributed by atoms with van der Waals surface area (Å²) in [4.78, 5) is 13.5. The molecule has 1 heterocycles. The first kappa shape index (κ1) is 12.9. The molecule has 0 saturated carbocycles. The van der Waals surface area contributed by atoms with E-state index in [4.69, 9.17) is 0 Å². The van der Waals surface area contributed by atoms with Crippen LogP contribution in [0.25, 0.3) is 0 Å². The second-order valence-electron chi connectivity index (χ2n) is 5.38. The van der Waals surface area contributed by atoms with Gasteiger partial charge in [0, 0.05) is 13.1 Å². The van der Waals surface area contributed by atoms with Crippen LogP contribution in [0.3, 0.4) is 0 Å². The van der Waals surface area contributed by atoms with Crippen LogP contribution in [0.1, 0.15) is 37.9 Å². The maximum Gasteiger partial charge on any atom is 0.318 e. The molecule has 1 aromatic carbocycles. The summed E-state index contributed by atoms with van der Waals surface area (Å²) in [7, 11) is 0. The van der Waals surface area contributed by atoms with Gasteiger partial charge in [-0.25, -0.2) is 4.79 Å². The summed E-state index contributed by atoms with van der Waals surface area (Å²) >= 11 is 0. The summed E-state index contributed by atoms with van der Waals surface area (Å²) in [6.07, 6.45) is 1.11. The number of rotatable bonds is 4. The summed E-state index contributed by atoms with van der Waals surface area (Å²) < 4.78 is 0. The second kappa shape index (κ2) is 5.42. The molecule has 1 aliphatic heterocycles. The fraction of sp³-hybridized carbons (Fsp3) is 0.533. The van der Waals surface area contributed by atoms with E-state index in [-0.39, 0.29) is 12.1 Å². The molecular formula is C15H22N2O. The van der Waals surface area contributed by atoms with Gasteiger partial charge in [-0.2, -0.15) is 0 Å². The van der Waals surface area contributed by atoms with E-state index >= 15 is 0 Å². The average Bonchev–Trinajstić information content (AvgIpc) is 2.71. The van der Waals surface area contributed by atoms with Gasteiger partial charge in [-0.15, -0.1) is 0 Å². The Labute approximate surface area is 109 Å². The van der Waals surface area contributed by atoms with E-state index in [1.807, 2.05) is 11.8 Å². The molecule has 2 amide bonds. The fourth-order valence-electron chi connectivity index (χ4n) is 2.41. The van der Waals surface area contributed by atoms with Crippen molar-refractivity contribution in [3.8, 4) is 0 Å². The van der Waals surface area contributed by atoms with E-state index in [9.17, 15) is 4.79 Å². The van der Waals surface area contributed by atoms with Crippen molar-refractivity contribution in [1.29, 1.82) is 0 Å². The number of nitrogens with one attached hydrogen (secondary N) is 1. The predicted molar refractivity (Wildman–Crippen MR) is 73.5 cm³/mol. The summed E-state index contributed by atoms with van der Waals surface area (Å²) in [5, 5.41) is 3.02. The Kier molecular flexibility index (Phi) is 3.90. The minimum atomic E-state index is 0.0498. The zero-order valence-corrected chi connectivity index (χ0v) is 11.4. The highest BCUT2D eigenvalue weighted by molar-refractivity contribution is 5.77. The minimum Gasteiger partial charge on any atom is -0.329 e. The van der Waals surface area contributed by atoms with Crippen LogP contribution in [-0.2, 0) is 6.42 Å². The number of nitrogens with zero attached hydrogens (tertiary/aromatic N) is 1. The van der Waals surface area contributed by atoms with Gasteiger partial charge in [0.1, 0.15) is 0 Å². The summed E-state index contributed by atoms with van der Waals surface area (Å²) in [5.74, 6) is 0.678. The molecule has 98 valence electrons. The number of urea groups is 1. The molecule has 0 aromatic heterocycles. The number of amides is 2. The van der Waals surface area contributed by atoms with E-state index in [0.717, 1.165) is 19.5 Å². The number of likely N-dealkylation sites (N-methyl/N-ethyl adjacent to an activating group) is 1. The van der Waals surface area contributed by atoms with Crippen LogP contribution in [0.4, 0.5) is 4.79 Å². The predicted octanol–water partition coefficient (Wildman–Crippen LogP) is 2.97. The Morgan fingerprint density at radius 3 is 2.50 bits per heavy atom. The lowest BCUT2D eigenvalue weighted by Gasteiger charge is -2.12. The number of benzene rings is 1. The third-order valence-corrected chi connectivity index (χ3v) is 3.40. The quantitative estimate of drug-likeness (QED) is 0.870. The summed E-state index contributed by atoms with van der Waals surface area (Å²) in [6, 6.07) is 8.83. The van der Waals surface area contributed by atoms with Gasteiger partial charge < -0.3 is 10.2 Å². The molecule has 18 heavy (non-hydrogen) atoms. The Bertz CT molecular complexity index is 411. The molecule has 0 bridgehead atoms. The molecule has 1 atom stereocenters. The molecule has 2 rings (SSSR count). The van der Waals surface area contributed by atoms with Gasteiger partial charge in [0.25, 0.3) is 0 Å². The van der Waals surface area contributed by atoms with Gasteiger partial charge >= 0.3 is 6.03 Å². The van der Waals surface area contributed by atoms with Crippen molar-refractivity contribution in [3.63, 3.8) is 0 Å². The highest BCUT2D eigenvalue weighted by Gasteiger charge is 2.28. The first-order chi connectivity index (χ1) is 8.60. The van der Waals surface area contributed by atoms with Crippen molar-refractivity contribution in [3.05, 3.63) is 35.4 Å². The Hall–Kier alpha value is -1.51. The normalized spacial score (nSPS) is 19.4. The van der Waals surface area contributed by atoms with Gasteiger partial charge in [0.15, 0.2) is 0 Å². The van der Waals surface area contributed by atoms with E-state index in [1.54, 1.807) is 0 Å². The van der Waals surface area contributed by atoms with Gasteiger partial charge in [-0.3, -0.25) is 0 Å².